The number of H-pyrrole nitrogens is 1. The molecule has 0 bridgehead atoms. The standard InChI is InChI=1S/C31H50N12O12/c1-15(38-28(52)22-5-3-9-43(22)29(53)17(32)6-7-23(46)47)24(48)41-20(12-44)27(51)42-21(13-45)26(50)39-18(4-2-8-36-31(33)34)25(49)40-19(30(54)55)10-16-11-35-14-37-16/h11,14-15,17-22,44-45H,2-10,12-13,32H2,1H3,(H,35,37)(H,38,52)(H,39,50)(H,40,49)(H,41,48)(H,42,51)(H,46,47)(H,54,55)(H4,33,34,36)/t15-,17-,18-,19-,20-,21-,22-/m0/s1. The Hall–Kier alpha value is -5.88. The van der Waals surface area contributed by atoms with Crippen molar-refractivity contribution in [1.82, 2.24) is 41.5 Å². The van der Waals surface area contributed by atoms with E-state index in [4.69, 9.17) is 22.3 Å². The van der Waals surface area contributed by atoms with E-state index in [1.807, 2.05) is 0 Å². The Morgan fingerprint density at radius 3 is 2.02 bits per heavy atom. The van der Waals surface area contributed by atoms with Crippen LogP contribution in [0.15, 0.2) is 17.5 Å². The van der Waals surface area contributed by atoms with E-state index >= 15 is 0 Å². The Morgan fingerprint density at radius 1 is 0.891 bits per heavy atom. The normalized spacial score (nSPS) is 16.9. The van der Waals surface area contributed by atoms with Crippen molar-refractivity contribution in [2.45, 2.75) is 94.2 Å². The number of nitrogens with one attached hydrogen (secondary N) is 6. The van der Waals surface area contributed by atoms with Crippen molar-refractivity contribution in [2.24, 2.45) is 22.2 Å². The van der Waals surface area contributed by atoms with Crippen LogP contribution >= 0.6 is 0 Å². The summed E-state index contributed by atoms with van der Waals surface area (Å²) < 4.78 is 0. The number of amides is 6. The number of nitrogens with two attached hydrogens (primary N) is 3. The minimum absolute atomic E-state index is 0.0369. The second-order valence-electron chi connectivity index (χ2n) is 12.6. The first-order chi connectivity index (χ1) is 26.0. The van der Waals surface area contributed by atoms with Crippen LogP contribution in [0.4, 0.5) is 0 Å². The number of aromatic nitrogens is 2. The molecule has 16 N–H and O–H groups in total. The van der Waals surface area contributed by atoms with Gasteiger partial charge in [-0.3, -0.25) is 38.6 Å². The maximum Gasteiger partial charge on any atom is 0.326 e. The van der Waals surface area contributed by atoms with E-state index < -0.39 is 103 Å². The number of aliphatic hydroxyl groups is 2. The van der Waals surface area contributed by atoms with Crippen molar-refractivity contribution >= 4 is 53.3 Å². The maximum atomic E-state index is 13.2. The molecule has 0 aliphatic carbocycles. The molecule has 24 heteroatoms. The highest BCUT2D eigenvalue weighted by molar-refractivity contribution is 5.97. The monoisotopic (exact) mass is 782 g/mol. The molecule has 0 unspecified atom stereocenters. The van der Waals surface area contributed by atoms with Gasteiger partial charge in [0.25, 0.3) is 0 Å². The molecule has 7 atom stereocenters. The minimum Gasteiger partial charge on any atom is -0.481 e. The summed E-state index contributed by atoms with van der Waals surface area (Å²) in [5.74, 6) is -8.17. The van der Waals surface area contributed by atoms with E-state index in [1.165, 1.54) is 24.3 Å². The summed E-state index contributed by atoms with van der Waals surface area (Å²) >= 11 is 0. The van der Waals surface area contributed by atoms with E-state index in [-0.39, 0.29) is 57.6 Å². The number of nitrogens with zero attached hydrogens (tertiary/aromatic N) is 3. The Kier molecular flexibility index (Phi) is 18.4. The predicted octanol–water partition coefficient (Wildman–Crippen LogP) is -6.30. The number of aliphatic hydroxyl groups excluding tert-OH is 2. The number of aliphatic carboxylic acids is 2. The smallest absolute Gasteiger partial charge is 0.326 e. The fraction of sp³-hybridized carbons (Fsp3) is 0.613. The van der Waals surface area contributed by atoms with Gasteiger partial charge in [0.15, 0.2) is 5.96 Å². The molecule has 306 valence electrons. The largest absolute Gasteiger partial charge is 0.481 e. The second kappa shape index (κ2) is 22.4. The lowest BCUT2D eigenvalue weighted by Gasteiger charge is -2.28. The van der Waals surface area contributed by atoms with Crippen LogP contribution in [0.1, 0.15) is 51.1 Å². The fourth-order valence-corrected chi connectivity index (χ4v) is 5.38. The number of aromatic amines is 1. The summed E-state index contributed by atoms with van der Waals surface area (Å²) in [6.07, 6.45) is 2.73. The summed E-state index contributed by atoms with van der Waals surface area (Å²) in [7, 11) is 0. The predicted molar refractivity (Wildman–Crippen MR) is 189 cm³/mol. The van der Waals surface area contributed by atoms with Gasteiger partial charge in [0.05, 0.1) is 25.6 Å². The molecule has 1 aromatic rings. The third-order valence-electron chi connectivity index (χ3n) is 8.38. The van der Waals surface area contributed by atoms with Crippen molar-refractivity contribution in [3.8, 4) is 0 Å². The zero-order chi connectivity index (χ0) is 41.2. The third kappa shape index (κ3) is 14.8. The number of likely N-dealkylation sites (tertiary alicyclic amines) is 1. The summed E-state index contributed by atoms with van der Waals surface area (Å²) in [4.78, 5) is 112. The lowest BCUT2D eigenvalue weighted by Crippen LogP contribution is -2.60. The van der Waals surface area contributed by atoms with Gasteiger partial charge in [-0.15, -0.1) is 0 Å². The lowest BCUT2D eigenvalue weighted by molar-refractivity contribution is -0.142. The Bertz CT molecular complexity index is 1540. The Balaban J connectivity index is 2.05. The SMILES string of the molecule is C[C@H](NC(=O)[C@@H]1CCCN1C(=O)[C@@H](N)CCC(=O)O)C(=O)N[C@@H](CO)C(=O)N[C@@H](CO)C(=O)N[C@@H](CCCN=C(N)N)C(=O)N[C@@H](Cc1cnc[nH]1)C(=O)O. The molecule has 1 aromatic heterocycles. The van der Waals surface area contributed by atoms with E-state index in [0.717, 1.165) is 0 Å². The van der Waals surface area contributed by atoms with Gasteiger partial charge in [-0.25, -0.2) is 9.78 Å². The zero-order valence-electron chi connectivity index (χ0n) is 30.1. The number of carboxylic acid groups (broad SMARTS) is 2. The molecular weight excluding hydrogens is 732 g/mol. The molecule has 1 saturated heterocycles. The first kappa shape index (κ1) is 45.3. The highest BCUT2D eigenvalue weighted by Crippen LogP contribution is 2.19. The highest BCUT2D eigenvalue weighted by Gasteiger charge is 2.38. The molecule has 0 saturated carbocycles. The number of carbonyl (C=O) groups excluding carboxylic acids is 6. The van der Waals surface area contributed by atoms with Gasteiger partial charge in [-0.05, 0) is 39.0 Å². The lowest BCUT2D eigenvalue weighted by atomic mass is 10.1. The Morgan fingerprint density at radius 2 is 1.47 bits per heavy atom. The average Bonchev–Trinajstić information content (AvgIpc) is 3.84. The third-order valence-corrected chi connectivity index (χ3v) is 8.38. The van der Waals surface area contributed by atoms with Crippen LogP contribution in [-0.4, -0.2) is 157 Å². The first-order valence-corrected chi connectivity index (χ1v) is 17.3. The summed E-state index contributed by atoms with van der Waals surface area (Å²) in [5, 5.41) is 49.8. The summed E-state index contributed by atoms with van der Waals surface area (Å²) in [6, 6.07) is -9.71. The molecule has 0 spiro atoms. The number of imidazole rings is 1. The fourth-order valence-electron chi connectivity index (χ4n) is 5.38. The molecule has 0 aromatic carbocycles. The summed E-state index contributed by atoms with van der Waals surface area (Å²) in [6.45, 7) is -0.504. The van der Waals surface area contributed by atoms with Crippen molar-refractivity contribution < 1.29 is 58.8 Å². The molecule has 1 aliphatic heterocycles. The summed E-state index contributed by atoms with van der Waals surface area (Å²) in [5.41, 5.74) is 16.9. The number of rotatable bonds is 23. The van der Waals surface area contributed by atoms with Crippen molar-refractivity contribution in [3.05, 3.63) is 18.2 Å². The quantitative estimate of drug-likeness (QED) is 0.0279. The van der Waals surface area contributed by atoms with Gasteiger partial charge in [-0.2, -0.15) is 0 Å². The molecule has 1 aliphatic rings. The van der Waals surface area contributed by atoms with Gasteiger partial charge in [-0.1, -0.05) is 0 Å². The second-order valence-corrected chi connectivity index (χ2v) is 12.6. The van der Waals surface area contributed by atoms with Gasteiger partial charge < -0.3 is 74.1 Å². The molecule has 0 radical (unpaired) electrons. The van der Waals surface area contributed by atoms with E-state index in [9.17, 15) is 53.7 Å². The van der Waals surface area contributed by atoms with Crippen molar-refractivity contribution in [1.29, 1.82) is 0 Å². The van der Waals surface area contributed by atoms with Gasteiger partial charge >= 0.3 is 11.9 Å². The number of carbonyl (C=O) groups is 8. The van der Waals surface area contributed by atoms with Crippen LogP contribution in [0.25, 0.3) is 0 Å². The molecular formula is C31H50N12O12. The molecule has 6 amide bonds. The number of guanidine groups is 1. The number of hydrogen-bond acceptors (Lipinski definition) is 13. The van der Waals surface area contributed by atoms with Crippen molar-refractivity contribution in [2.75, 3.05) is 26.3 Å². The minimum atomic E-state index is -1.73. The highest BCUT2D eigenvalue weighted by atomic mass is 16.4. The molecule has 2 heterocycles. The number of carboxylic acids is 2. The van der Waals surface area contributed by atoms with Gasteiger partial charge in [0, 0.05) is 37.8 Å². The molecule has 55 heavy (non-hydrogen) atoms. The number of hydrogen-bond donors (Lipinski definition) is 13. The van der Waals surface area contributed by atoms with E-state index in [1.54, 1.807) is 0 Å². The van der Waals surface area contributed by atoms with Crippen LogP contribution in [0.3, 0.4) is 0 Å². The molecule has 24 nitrogen and oxygen atoms in total. The van der Waals surface area contributed by atoms with Crippen LogP contribution < -0.4 is 43.8 Å². The van der Waals surface area contributed by atoms with E-state index in [2.05, 4.69) is 41.5 Å². The van der Waals surface area contributed by atoms with Gasteiger partial charge in [0.1, 0.15) is 36.3 Å². The zero-order valence-corrected chi connectivity index (χ0v) is 30.1. The van der Waals surface area contributed by atoms with Gasteiger partial charge in [0.2, 0.25) is 35.4 Å². The maximum absolute atomic E-state index is 13.2. The van der Waals surface area contributed by atoms with Crippen LogP contribution in [-0.2, 0) is 44.8 Å². The van der Waals surface area contributed by atoms with Crippen molar-refractivity contribution in [3.63, 3.8) is 0 Å². The molecule has 2 rings (SSSR count). The first-order valence-electron chi connectivity index (χ1n) is 17.3. The Labute approximate surface area is 314 Å². The van der Waals surface area contributed by atoms with Crippen LogP contribution in [0.5, 0.6) is 0 Å². The topological polar surface area (TPSA) is 400 Å². The molecule has 1 fully saturated rings. The number of aliphatic imine (C=N–C) groups is 1. The van der Waals surface area contributed by atoms with E-state index in [0.29, 0.717) is 12.1 Å². The van der Waals surface area contributed by atoms with Crippen LogP contribution in [0, 0.1) is 0 Å². The van der Waals surface area contributed by atoms with Crippen LogP contribution in [0.2, 0.25) is 0 Å². The average molecular weight is 783 g/mol.